The fourth-order valence-electron chi connectivity index (χ4n) is 2.49. The molecule has 0 saturated carbocycles. The van der Waals surface area contributed by atoms with Gasteiger partial charge in [0.1, 0.15) is 0 Å². The van der Waals surface area contributed by atoms with Gasteiger partial charge in [0.25, 0.3) is 11.6 Å². The molecular formula is C18H19N3O2S. The van der Waals surface area contributed by atoms with Crippen LogP contribution in [-0.4, -0.2) is 28.3 Å². The first-order valence-corrected chi connectivity index (χ1v) is 8.94. The van der Waals surface area contributed by atoms with Crippen molar-refractivity contribution in [3.8, 4) is 0 Å². The van der Waals surface area contributed by atoms with Gasteiger partial charge in [-0.15, -0.1) is 0 Å². The highest BCUT2D eigenvalue weighted by atomic mass is 32.2. The van der Waals surface area contributed by atoms with Gasteiger partial charge in [0.15, 0.2) is 0 Å². The number of benzene rings is 1. The van der Waals surface area contributed by atoms with Crippen molar-refractivity contribution < 1.29 is 9.32 Å². The smallest absolute Gasteiger partial charge is 0.258 e. The fourth-order valence-corrected chi connectivity index (χ4v) is 3.31. The van der Waals surface area contributed by atoms with Gasteiger partial charge in [0.2, 0.25) is 0 Å². The highest BCUT2D eigenvalue weighted by molar-refractivity contribution is 7.98. The van der Waals surface area contributed by atoms with Crippen LogP contribution in [0.25, 0.3) is 11.1 Å². The quantitative estimate of drug-likeness (QED) is 0.695. The lowest BCUT2D eigenvalue weighted by Gasteiger charge is -2.07. The van der Waals surface area contributed by atoms with Gasteiger partial charge in [-0.25, -0.2) is 4.98 Å². The number of nitrogens with zero attached hydrogens (tertiary/aromatic N) is 2. The second-order valence-corrected chi connectivity index (χ2v) is 6.66. The van der Waals surface area contributed by atoms with Crippen LogP contribution < -0.4 is 5.32 Å². The van der Waals surface area contributed by atoms with Crippen LogP contribution in [0.4, 0.5) is 0 Å². The van der Waals surface area contributed by atoms with Crippen LogP contribution in [0.2, 0.25) is 0 Å². The molecular weight excluding hydrogens is 322 g/mol. The van der Waals surface area contributed by atoms with Gasteiger partial charge in [-0.1, -0.05) is 35.5 Å². The average molecular weight is 341 g/mol. The average Bonchev–Trinajstić information content (AvgIpc) is 2.95. The zero-order chi connectivity index (χ0) is 16.9. The Hall–Kier alpha value is -2.34. The number of aryl methyl sites for hydroxylation is 2. The van der Waals surface area contributed by atoms with Crippen molar-refractivity contribution >= 4 is 28.8 Å². The van der Waals surface area contributed by atoms with E-state index in [1.807, 2.05) is 32.0 Å². The van der Waals surface area contributed by atoms with Crippen molar-refractivity contribution in [2.75, 3.05) is 12.3 Å². The lowest BCUT2D eigenvalue weighted by atomic mass is 10.1. The molecule has 24 heavy (non-hydrogen) atoms. The summed E-state index contributed by atoms with van der Waals surface area (Å²) in [6.45, 7) is 4.27. The van der Waals surface area contributed by atoms with E-state index in [2.05, 4.69) is 27.6 Å². The number of fused-ring (bicyclic) bond motifs is 1. The lowest BCUT2D eigenvalue weighted by molar-refractivity contribution is 0.0957. The summed E-state index contributed by atoms with van der Waals surface area (Å²) >= 11 is 1.80. The normalized spacial score (nSPS) is 10.9. The second kappa shape index (κ2) is 7.49. The summed E-state index contributed by atoms with van der Waals surface area (Å²) in [7, 11) is 0. The molecule has 3 rings (SSSR count). The van der Waals surface area contributed by atoms with Gasteiger partial charge < -0.3 is 9.84 Å². The predicted octanol–water partition coefficient (Wildman–Crippen LogP) is 3.50. The highest BCUT2D eigenvalue weighted by Gasteiger charge is 2.17. The SMILES string of the molecule is Cc1cc(C(=O)NCCSCc2ccccc2)c2c(C)noc2n1. The van der Waals surface area contributed by atoms with E-state index in [-0.39, 0.29) is 5.91 Å². The molecule has 0 atom stereocenters. The first kappa shape index (κ1) is 16.5. The fraction of sp³-hybridized carbons (Fsp3) is 0.278. The van der Waals surface area contributed by atoms with Gasteiger partial charge in [-0.05, 0) is 25.5 Å². The molecule has 2 aromatic heterocycles. The minimum atomic E-state index is -0.114. The number of pyridine rings is 1. The number of aromatic nitrogens is 2. The van der Waals surface area contributed by atoms with Crippen LogP contribution in [0.5, 0.6) is 0 Å². The maximum absolute atomic E-state index is 12.5. The molecule has 3 aromatic rings. The monoisotopic (exact) mass is 341 g/mol. The summed E-state index contributed by atoms with van der Waals surface area (Å²) in [5, 5.41) is 7.56. The topological polar surface area (TPSA) is 68.0 Å². The van der Waals surface area contributed by atoms with Crippen LogP contribution in [-0.2, 0) is 5.75 Å². The van der Waals surface area contributed by atoms with Crippen LogP contribution in [0.15, 0.2) is 40.9 Å². The molecule has 0 radical (unpaired) electrons. The minimum absolute atomic E-state index is 0.114. The molecule has 0 unspecified atom stereocenters. The van der Waals surface area contributed by atoms with E-state index in [4.69, 9.17) is 4.52 Å². The number of thioether (sulfide) groups is 1. The third-order valence-electron chi connectivity index (χ3n) is 3.63. The number of hydrogen-bond acceptors (Lipinski definition) is 5. The molecule has 0 bridgehead atoms. The third-order valence-corrected chi connectivity index (χ3v) is 4.66. The summed E-state index contributed by atoms with van der Waals surface area (Å²) in [4.78, 5) is 16.7. The minimum Gasteiger partial charge on any atom is -0.351 e. The number of carbonyl (C=O) groups excluding carboxylic acids is 1. The number of amides is 1. The molecule has 0 fully saturated rings. The van der Waals surface area contributed by atoms with Gasteiger partial charge in [0.05, 0.1) is 16.6 Å². The molecule has 2 heterocycles. The van der Waals surface area contributed by atoms with Crippen molar-refractivity contribution in [1.29, 1.82) is 0 Å². The van der Waals surface area contributed by atoms with Crippen LogP contribution >= 0.6 is 11.8 Å². The molecule has 1 aromatic carbocycles. The van der Waals surface area contributed by atoms with Crippen LogP contribution in [0.3, 0.4) is 0 Å². The van der Waals surface area contributed by atoms with Crippen LogP contribution in [0.1, 0.15) is 27.3 Å². The van der Waals surface area contributed by atoms with E-state index in [1.54, 1.807) is 17.8 Å². The van der Waals surface area contributed by atoms with Crippen molar-refractivity contribution in [1.82, 2.24) is 15.5 Å². The third kappa shape index (κ3) is 3.76. The summed E-state index contributed by atoms with van der Waals surface area (Å²) in [5.74, 6) is 1.69. The van der Waals surface area contributed by atoms with Crippen LogP contribution in [0, 0.1) is 13.8 Å². The summed E-state index contributed by atoms with van der Waals surface area (Å²) in [6, 6.07) is 12.1. The summed E-state index contributed by atoms with van der Waals surface area (Å²) < 4.78 is 5.17. The Bertz CT molecular complexity index is 846. The zero-order valence-electron chi connectivity index (χ0n) is 13.7. The molecule has 1 N–H and O–H groups in total. The maximum atomic E-state index is 12.5. The Morgan fingerprint density at radius 3 is 2.83 bits per heavy atom. The molecule has 5 nitrogen and oxygen atoms in total. The maximum Gasteiger partial charge on any atom is 0.258 e. The predicted molar refractivity (Wildman–Crippen MR) is 96.2 cm³/mol. The Labute approximate surface area is 144 Å². The molecule has 0 aliphatic carbocycles. The Morgan fingerprint density at radius 1 is 1.25 bits per heavy atom. The number of rotatable bonds is 6. The molecule has 6 heteroatoms. The van der Waals surface area contributed by atoms with Gasteiger partial charge >= 0.3 is 0 Å². The van der Waals surface area contributed by atoms with E-state index in [0.29, 0.717) is 28.9 Å². The van der Waals surface area contributed by atoms with Gasteiger partial charge in [-0.2, -0.15) is 11.8 Å². The standard InChI is InChI=1S/C18H19N3O2S/c1-12-10-15(16-13(2)21-23-18(16)20-12)17(22)19-8-9-24-11-14-6-4-3-5-7-14/h3-7,10H,8-9,11H2,1-2H3,(H,19,22). The Balaban J connectivity index is 1.57. The number of carbonyl (C=O) groups is 1. The first-order chi connectivity index (χ1) is 11.6. The van der Waals surface area contributed by atoms with Crippen molar-refractivity contribution in [3.63, 3.8) is 0 Å². The first-order valence-electron chi connectivity index (χ1n) is 7.78. The molecule has 0 spiro atoms. The largest absolute Gasteiger partial charge is 0.351 e. The summed E-state index contributed by atoms with van der Waals surface area (Å²) in [6.07, 6.45) is 0. The molecule has 0 aliphatic rings. The Morgan fingerprint density at radius 2 is 2.04 bits per heavy atom. The van der Waals surface area contributed by atoms with Crippen molar-refractivity contribution in [3.05, 3.63) is 58.9 Å². The molecule has 1 amide bonds. The van der Waals surface area contributed by atoms with Crippen molar-refractivity contribution in [2.45, 2.75) is 19.6 Å². The van der Waals surface area contributed by atoms with E-state index < -0.39 is 0 Å². The molecule has 124 valence electrons. The summed E-state index contributed by atoms with van der Waals surface area (Å²) in [5.41, 5.74) is 3.70. The number of nitrogens with one attached hydrogen (secondary N) is 1. The lowest BCUT2D eigenvalue weighted by Crippen LogP contribution is -2.26. The Kier molecular flexibility index (Phi) is 5.15. The number of hydrogen-bond donors (Lipinski definition) is 1. The van der Waals surface area contributed by atoms with E-state index in [1.165, 1.54) is 5.56 Å². The highest BCUT2D eigenvalue weighted by Crippen LogP contribution is 2.21. The van der Waals surface area contributed by atoms with Crippen molar-refractivity contribution in [2.24, 2.45) is 0 Å². The van der Waals surface area contributed by atoms with E-state index in [0.717, 1.165) is 17.2 Å². The van der Waals surface area contributed by atoms with Gasteiger partial charge in [-0.3, -0.25) is 4.79 Å². The molecule has 0 saturated heterocycles. The zero-order valence-corrected chi connectivity index (χ0v) is 14.5. The van der Waals surface area contributed by atoms with E-state index in [9.17, 15) is 4.79 Å². The molecule has 0 aliphatic heterocycles. The second-order valence-electron chi connectivity index (χ2n) is 5.55. The van der Waals surface area contributed by atoms with Gasteiger partial charge in [0, 0.05) is 23.7 Å². The van der Waals surface area contributed by atoms with E-state index >= 15 is 0 Å².